The summed E-state index contributed by atoms with van der Waals surface area (Å²) in [4.78, 5) is 22.0. The fourth-order valence-electron chi connectivity index (χ4n) is 2.05. The molecule has 1 heterocycles. The lowest BCUT2D eigenvalue weighted by Crippen LogP contribution is -2.30. The summed E-state index contributed by atoms with van der Waals surface area (Å²) in [6.45, 7) is 0. The molecule has 1 aromatic rings. The molecule has 1 aliphatic rings. The Kier molecular flexibility index (Phi) is 3.53. The molecule has 0 saturated heterocycles. The van der Waals surface area contributed by atoms with Gasteiger partial charge in [0.05, 0.1) is 21.6 Å². The molecule has 0 radical (unpaired) electrons. The molecule has 1 aliphatic heterocycles. The van der Waals surface area contributed by atoms with Gasteiger partial charge in [-0.25, -0.2) is 0 Å². The molecule has 7 heteroatoms. The Morgan fingerprint density at radius 1 is 1.47 bits per heavy atom. The average molecular weight is 275 g/mol. The summed E-state index contributed by atoms with van der Waals surface area (Å²) in [6.07, 6.45) is -0.00218. The highest BCUT2D eigenvalue weighted by atomic mass is 32.1. The summed E-state index contributed by atoms with van der Waals surface area (Å²) < 4.78 is 0. The summed E-state index contributed by atoms with van der Waals surface area (Å²) in [7, 11) is 0. The molecular formula is C12H9N3O3S. The standard InChI is InChI=1S/C12H9N3O3S/c13-6-9-8(5-11(16)14-12(9)19)7-3-1-2-4-10(7)15(17)18/h1-4,8,19H,5H2,(H,14,16)/t8-/m1/s1. The molecule has 0 aromatic heterocycles. The van der Waals surface area contributed by atoms with Crippen LogP contribution in [0.25, 0.3) is 0 Å². The molecule has 0 aliphatic carbocycles. The number of nitrogens with zero attached hydrogens (tertiary/aromatic N) is 2. The van der Waals surface area contributed by atoms with Crippen molar-refractivity contribution in [1.82, 2.24) is 5.32 Å². The van der Waals surface area contributed by atoms with E-state index in [1.165, 1.54) is 6.07 Å². The number of para-hydroxylation sites is 1. The van der Waals surface area contributed by atoms with Gasteiger partial charge in [-0.05, 0) is 0 Å². The fourth-order valence-corrected chi connectivity index (χ4v) is 2.38. The first-order valence-electron chi connectivity index (χ1n) is 5.41. The molecule has 19 heavy (non-hydrogen) atoms. The molecule has 0 unspecified atom stereocenters. The van der Waals surface area contributed by atoms with Crippen molar-refractivity contribution < 1.29 is 9.72 Å². The first kappa shape index (κ1) is 13.1. The van der Waals surface area contributed by atoms with Gasteiger partial charge in [0, 0.05) is 24.0 Å². The third-order valence-corrected chi connectivity index (χ3v) is 3.23. The quantitative estimate of drug-likeness (QED) is 0.489. The van der Waals surface area contributed by atoms with Gasteiger partial charge in [0.1, 0.15) is 0 Å². The monoisotopic (exact) mass is 275 g/mol. The largest absolute Gasteiger partial charge is 0.320 e. The lowest BCUT2D eigenvalue weighted by molar-refractivity contribution is -0.385. The molecule has 1 N–H and O–H groups in total. The third-order valence-electron chi connectivity index (χ3n) is 2.88. The molecule has 96 valence electrons. The fraction of sp³-hybridized carbons (Fsp3) is 0.167. The summed E-state index contributed by atoms with van der Waals surface area (Å²) in [5.41, 5.74) is 0.485. The van der Waals surface area contributed by atoms with E-state index in [9.17, 15) is 14.9 Å². The maximum absolute atomic E-state index is 11.5. The second-order valence-corrected chi connectivity index (χ2v) is 4.44. The summed E-state index contributed by atoms with van der Waals surface area (Å²) >= 11 is 4.05. The molecule has 0 spiro atoms. The van der Waals surface area contributed by atoms with Crippen molar-refractivity contribution >= 4 is 24.2 Å². The van der Waals surface area contributed by atoms with Crippen LogP contribution < -0.4 is 5.32 Å². The lowest BCUT2D eigenvalue weighted by Gasteiger charge is -2.22. The van der Waals surface area contributed by atoms with Gasteiger partial charge >= 0.3 is 0 Å². The number of hydrogen-bond acceptors (Lipinski definition) is 5. The third kappa shape index (κ3) is 2.44. The van der Waals surface area contributed by atoms with Crippen LogP contribution in [0.2, 0.25) is 0 Å². The number of thiol groups is 1. The zero-order valence-electron chi connectivity index (χ0n) is 9.66. The Morgan fingerprint density at radius 3 is 2.79 bits per heavy atom. The van der Waals surface area contributed by atoms with Crippen LogP contribution in [0, 0.1) is 21.4 Å². The Morgan fingerprint density at radius 2 is 2.16 bits per heavy atom. The van der Waals surface area contributed by atoms with E-state index in [2.05, 4.69) is 17.9 Å². The van der Waals surface area contributed by atoms with Crippen molar-refractivity contribution in [2.75, 3.05) is 0 Å². The van der Waals surface area contributed by atoms with E-state index in [-0.39, 0.29) is 28.6 Å². The number of nitro groups is 1. The number of rotatable bonds is 2. The van der Waals surface area contributed by atoms with Crippen LogP contribution in [-0.4, -0.2) is 10.8 Å². The van der Waals surface area contributed by atoms with E-state index in [1.54, 1.807) is 18.2 Å². The Hall–Kier alpha value is -2.33. The minimum atomic E-state index is -0.632. The molecule has 1 atom stereocenters. The number of hydrogen-bond donors (Lipinski definition) is 2. The van der Waals surface area contributed by atoms with E-state index in [0.29, 0.717) is 5.56 Å². The number of nitro benzene ring substituents is 1. The van der Waals surface area contributed by atoms with Gasteiger partial charge in [-0.2, -0.15) is 5.26 Å². The van der Waals surface area contributed by atoms with Crippen LogP contribution in [0.4, 0.5) is 5.69 Å². The minimum absolute atomic E-state index is 0.00218. The predicted molar refractivity (Wildman–Crippen MR) is 70.2 cm³/mol. The van der Waals surface area contributed by atoms with E-state index in [1.807, 2.05) is 6.07 Å². The Balaban J connectivity index is 2.58. The molecule has 6 nitrogen and oxygen atoms in total. The number of nitrogens with one attached hydrogen (secondary N) is 1. The first-order valence-corrected chi connectivity index (χ1v) is 5.85. The maximum atomic E-state index is 11.5. The second kappa shape index (κ2) is 5.12. The molecule has 0 saturated carbocycles. The Labute approximate surface area is 114 Å². The maximum Gasteiger partial charge on any atom is 0.273 e. The van der Waals surface area contributed by atoms with Crippen LogP contribution in [0.3, 0.4) is 0 Å². The van der Waals surface area contributed by atoms with Gasteiger partial charge in [-0.1, -0.05) is 18.2 Å². The van der Waals surface area contributed by atoms with Crippen LogP contribution in [0.1, 0.15) is 17.9 Å². The molecule has 0 bridgehead atoms. The van der Waals surface area contributed by atoms with E-state index in [4.69, 9.17) is 5.26 Å². The molecule has 1 aromatic carbocycles. The number of allylic oxidation sites excluding steroid dienone is 1. The van der Waals surface area contributed by atoms with Crippen molar-refractivity contribution in [2.45, 2.75) is 12.3 Å². The van der Waals surface area contributed by atoms with Gasteiger partial charge in [0.15, 0.2) is 0 Å². The van der Waals surface area contributed by atoms with Gasteiger partial charge in [-0.3, -0.25) is 14.9 Å². The molecule has 1 amide bonds. The molecule has 0 fully saturated rings. The van der Waals surface area contributed by atoms with Crippen molar-refractivity contribution in [1.29, 1.82) is 5.26 Å². The van der Waals surface area contributed by atoms with Crippen LogP contribution >= 0.6 is 12.6 Å². The number of nitriles is 1. The van der Waals surface area contributed by atoms with Gasteiger partial charge in [-0.15, -0.1) is 12.6 Å². The second-order valence-electron chi connectivity index (χ2n) is 3.99. The topological polar surface area (TPSA) is 96.0 Å². The van der Waals surface area contributed by atoms with Gasteiger partial charge in [0.25, 0.3) is 5.69 Å². The number of amides is 1. The van der Waals surface area contributed by atoms with Crippen LogP contribution in [-0.2, 0) is 4.79 Å². The lowest BCUT2D eigenvalue weighted by atomic mass is 9.86. The predicted octanol–water partition coefficient (Wildman–Crippen LogP) is 1.86. The van der Waals surface area contributed by atoms with E-state index < -0.39 is 10.8 Å². The highest BCUT2D eigenvalue weighted by Crippen LogP contribution is 2.37. The van der Waals surface area contributed by atoms with Crippen LogP contribution in [0.15, 0.2) is 34.9 Å². The van der Waals surface area contributed by atoms with Crippen molar-refractivity contribution in [2.24, 2.45) is 0 Å². The highest BCUT2D eigenvalue weighted by Gasteiger charge is 2.32. The van der Waals surface area contributed by atoms with Crippen molar-refractivity contribution in [3.8, 4) is 6.07 Å². The smallest absolute Gasteiger partial charge is 0.273 e. The minimum Gasteiger partial charge on any atom is -0.320 e. The molecule has 2 rings (SSSR count). The average Bonchev–Trinajstić information content (AvgIpc) is 2.37. The Bertz CT molecular complexity index is 633. The van der Waals surface area contributed by atoms with Gasteiger partial charge < -0.3 is 5.32 Å². The zero-order chi connectivity index (χ0) is 14.0. The van der Waals surface area contributed by atoms with Crippen molar-refractivity contribution in [3.05, 3.63) is 50.5 Å². The zero-order valence-corrected chi connectivity index (χ0v) is 10.6. The van der Waals surface area contributed by atoms with E-state index >= 15 is 0 Å². The SMILES string of the molecule is N#CC1=C(S)NC(=O)C[C@@H]1c1ccccc1[N+](=O)[O-]. The number of carbonyl (C=O) groups is 1. The van der Waals surface area contributed by atoms with Crippen LogP contribution in [0.5, 0.6) is 0 Å². The highest BCUT2D eigenvalue weighted by molar-refractivity contribution is 7.84. The van der Waals surface area contributed by atoms with Gasteiger partial charge in [0.2, 0.25) is 5.91 Å². The molecular weight excluding hydrogens is 266 g/mol. The number of benzene rings is 1. The van der Waals surface area contributed by atoms with E-state index in [0.717, 1.165) is 0 Å². The van der Waals surface area contributed by atoms with Crippen molar-refractivity contribution in [3.63, 3.8) is 0 Å². The normalized spacial score (nSPS) is 18.7. The summed E-state index contributed by atoms with van der Waals surface area (Å²) in [5, 5.41) is 22.7. The summed E-state index contributed by atoms with van der Waals surface area (Å²) in [5.74, 6) is -0.944. The number of carbonyl (C=O) groups excluding carboxylic acids is 1. The first-order chi connectivity index (χ1) is 9.04. The summed E-state index contributed by atoms with van der Waals surface area (Å²) in [6, 6.07) is 8.05.